The summed E-state index contributed by atoms with van der Waals surface area (Å²) < 4.78 is 5.00. The van der Waals surface area contributed by atoms with Crippen LogP contribution in [0, 0.1) is 0 Å². The van der Waals surface area contributed by atoms with E-state index in [0.717, 1.165) is 18.7 Å². The van der Waals surface area contributed by atoms with E-state index in [0.29, 0.717) is 22.4 Å². The summed E-state index contributed by atoms with van der Waals surface area (Å²) in [5.74, 6) is -6.28. The molecule has 3 aliphatic carbocycles. The van der Waals surface area contributed by atoms with Gasteiger partial charge in [0.25, 0.3) is 5.56 Å². The number of Topliss-reactive ketones (excluding diaryl/α,β-unsaturated/α-hetero) is 3. The van der Waals surface area contributed by atoms with Crippen molar-refractivity contribution in [1.82, 2.24) is 4.98 Å². The summed E-state index contributed by atoms with van der Waals surface area (Å²) in [6.07, 6.45) is 7.97. The molecule has 3 aromatic carbocycles. The number of methoxy groups -OCH3 is 1. The maximum Gasteiger partial charge on any atom is 0.260 e. The Morgan fingerprint density at radius 3 is 2.27 bits per heavy atom. The Kier molecular flexibility index (Phi) is 7.24. The molecule has 11 heteroatoms. The van der Waals surface area contributed by atoms with Crippen LogP contribution < -0.4 is 5.56 Å². The summed E-state index contributed by atoms with van der Waals surface area (Å²) >= 11 is 1.27. The molecule has 1 spiro atoms. The van der Waals surface area contributed by atoms with E-state index in [-0.39, 0.29) is 17.4 Å². The van der Waals surface area contributed by atoms with Crippen molar-refractivity contribution in [3.05, 3.63) is 128 Å². The molecule has 0 bridgehead atoms. The SMILES string of the molecule is C/C=C/C=C/c1cc2cc3c(c(O)c2c(=O)[nH]1)[C@@]1(C(=O)c2c(O)c4c(c(O)c2C1=O)C(=O)C(OC)=CC4=O)C(SCc1ccccc1)C3. The molecule has 4 N–H and O–H groups in total. The second-order valence-electron chi connectivity index (χ2n) is 11.7. The predicted molar refractivity (Wildman–Crippen MR) is 179 cm³/mol. The Balaban J connectivity index is 1.48. The van der Waals surface area contributed by atoms with Crippen LogP contribution >= 0.6 is 11.8 Å². The molecule has 48 heavy (non-hydrogen) atoms. The van der Waals surface area contributed by atoms with E-state index in [1.807, 2.05) is 43.3 Å². The van der Waals surface area contributed by atoms with Crippen molar-refractivity contribution in [3.8, 4) is 17.2 Å². The molecule has 0 radical (unpaired) electrons. The van der Waals surface area contributed by atoms with Gasteiger partial charge in [0.05, 0.1) is 34.7 Å². The number of benzene rings is 3. The van der Waals surface area contributed by atoms with Gasteiger partial charge < -0.3 is 25.0 Å². The lowest BCUT2D eigenvalue weighted by atomic mass is 9.75. The average molecular weight is 662 g/mol. The molecule has 7 rings (SSSR count). The molecule has 0 fully saturated rings. The Labute approximate surface area is 277 Å². The number of hydrogen-bond donors (Lipinski definition) is 4. The number of aromatic nitrogens is 1. The molecule has 3 aliphatic rings. The van der Waals surface area contributed by atoms with Crippen LogP contribution in [-0.4, -0.2) is 55.8 Å². The highest BCUT2D eigenvalue weighted by Crippen LogP contribution is 2.60. The topological polar surface area (TPSA) is 171 Å². The minimum atomic E-state index is -2.21. The van der Waals surface area contributed by atoms with Crippen LogP contribution in [0.5, 0.6) is 17.2 Å². The first-order valence-electron chi connectivity index (χ1n) is 15.0. The average Bonchev–Trinajstić information content (AvgIpc) is 3.52. The molecule has 0 aliphatic heterocycles. The summed E-state index contributed by atoms with van der Waals surface area (Å²) in [5.41, 5.74) is -3.74. The van der Waals surface area contributed by atoms with E-state index < -0.39 is 84.6 Å². The minimum Gasteiger partial charge on any atom is -0.507 e. The van der Waals surface area contributed by atoms with Crippen LogP contribution in [0.2, 0.25) is 0 Å². The fourth-order valence-electron chi connectivity index (χ4n) is 7.10. The second-order valence-corrected chi connectivity index (χ2v) is 12.9. The van der Waals surface area contributed by atoms with Crippen LogP contribution in [-0.2, 0) is 22.3 Å². The minimum absolute atomic E-state index is 0.104. The van der Waals surface area contributed by atoms with E-state index in [2.05, 4.69) is 4.98 Å². The molecule has 0 saturated carbocycles. The number of thioether (sulfide) groups is 1. The molecule has 10 nitrogen and oxygen atoms in total. The van der Waals surface area contributed by atoms with Crippen molar-refractivity contribution < 1.29 is 39.2 Å². The van der Waals surface area contributed by atoms with Gasteiger partial charge in [-0.1, -0.05) is 54.6 Å². The van der Waals surface area contributed by atoms with E-state index in [9.17, 15) is 39.3 Å². The zero-order chi connectivity index (χ0) is 34.1. The van der Waals surface area contributed by atoms with Gasteiger partial charge in [-0.25, -0.2) is 0 Å². The summed E-state index contributed by atoms with van der Waals surface area (Å²) in [7, 11) is 1.15. The van der Waals surface area contributed by atoms with E-state index in [1.54, 1.807) is 30.4 Å². The van der Waals surface area contributed by atoms with E-state index >= 15 is 0 Å². The van der Waals surface area contributed by atoms with Crippen LogP contribution in [0.3, 0.4) is 0 Å². The quantitative estimate of drug-likeness (QED) is 0.120. The number of rotatable bonds is 6. The number of aromatic hydroxyl groups is 3. The van der Waals surface area contributed by atoms with Crippen molar-refractivity contribution in [1.29, 1.82) is 0 Å². The highest BCUT2D eigenvalue weighted by atomic mass is 32.2. The highest BCUT2D eigenvalue weighted by Gasteiger charge is 2.66. The number of hydrogen-bond acceptors (Lipinski definition) is 10. The number of carbonyl (C=O) groups is 4. The van der Waals surface area contributed by atoms with Gasteiger partial charge in [-0.15, -0.1) is 0 Å². The van der Waals surface area contributed by atoms with Crippen LogP contribution in [0.25, 0.3) is 16.8 Å². The standard InChI is InChI=1S/C37H27NO9S/c1-3-4-6-11-20-13-18-12-19-14-23(48-16-17-9-7-5-8-10-17)37(29(19)33(43)24(18)36(46)38-20)34(44)27-28(35(37)45)32(42)26-25(31(27)41)21(39)15-22(47-2)30(26)40/h3-13,15,23,41-43H,14,16H2,1-2H3,(H,38,46)/b4-3+,11-6+/t23?,37-/m1/s1. The van der Waals surface area contributed by atoms with Crippen molar-refractivity contribution in [2.24, 2.45) is 0 Å². The van der Waals surface area contributed by atoms with E-state index in [1.165, 1.54) is 11.8 Å². The van der Waals surface area contributed by atoms with Gasteiger partial charge in [0.15, 0.2) is 23.1 Å². The van der Waals surface area contributed by atoms with Gasteiger partial charge in [0, 0.05) is 28.3 Å². The Hall–Kier alpha value is -5.68. The number of nitrogens with one attached hydrogen (secondary N) is 1. The number of fused-ring (bicyclic) bond motifs is 5. The zero-order valence-electron chi connectivity index (χ0n) is 25.6. The van der Waals surface area contributed by atoms with Gasteiger partial charge in [-0.2, -0.15) is 11.8 Å². The molecule has 2 atom stereocenters. The number of H-pyrrole nitrogens is 1. The number of phenols is 3. The van der Waals surface area contributed by atoms with Crippen LogP contribution in [0.15, 0.2) is 77.3 Å². The maximum absolute atomic E-state index is 14.8. The monoisotopic (exact) mass is 661 g/mol. The highest BCUT2D eigenvalue weighted by molar-refractivity contribution is 7.99. The number of phenolic OH excluding ortho intramolecular Hbond substituents is 3. The molecule has 4 aromatic rings. The van der Waals surface area contributed by atoms with Crippen LogP contribution in [0.1, 0.15) is 70.7 Å². The number of aromatic amines is 1. The first-order valence-corrected chi connectivity index (χ1v) is 16.0. The Morgan fingerprint density at radius 1 is 0.917 bits per heavy atom. The summed E-state index contributed by atoms with van der Waals surface area (Å²) in [5, 5.41) is 34.2. The molecular formula is C37H27NO9S. The maximum atomic E-state index is 14.8. The Bertz CT molecular complexity index is 2300. The first-order chi connectivity index (χ1) is 23.1. The lowest BCUT2D eigenvalue weighted by molar-refractivity contribution is 0.0796. The molecule has 1 heterocycles. The van der Waals surface area contributed by atoms with Crippen molar-refractivity contribution >= 4 is 51.7 Å². The molecule has 1 unspecified atom stereocenters. The fraction of sp³-hybridized carbons (Fsp3) is 0.162. The molecule has 240 valence electrons. The first kappa shape index (κ1) is 30.9. The zero-order valence-corrected chi connectivity index (χ0v) is 26.4. The number of allylic oxidation sites excluding steroid dienone is 5. The molecule has 1 aromatic heterocycles. The molecule has 0 saturated heterocycles. The van der Waals surface area contributed by atoms with Crippen molar-refractivity contribution in [2.75, 3.05) is 7.11 Å². The van der Waals surface area contributed by atoms with Gasteiger partial charge in [-0.05, 0) is 42.0 Å². The number of ether oxygens (including phenoxy) is 1. The number of ketones is 4. The van der Waals surface area contributed by atoms with Crippen molar-refractivity contribution in [2.45, 2.75) is 29.8 Å². The van der Waals surface area contributed by atoms with Gasteiger partial charge >= 0.3 is 0 Å². The lowest BCUT2D eigenvalue weighted by Crippen LogP contribution is -2.45. The second kappa shape index (κ2) is 11.2. The number of pyridine rings is 1. The van der Waals surface area contributed by atoms with E-state index in [4.69, 9.17) is 4.74 Å². The number of carbonyl (C=O) groups excluding carboxylic acids is 4. The third-order valence-corrected chi connectivity index (χ3v) is 10.6. The van der Waals surface area contributed by atoms with Gasteiger partial charge in [0.2, 0.25) is 5.78 Å². The summed E-state index contributed by atoms with van der Waals surface area (Å²) in [6.45, 7) is 1.85. The summed E-state index contributed by atoms with van der Waals surface area (Å²) in [4.78, 5) is 72.1. The normalized spacial score (nSPS) is 19.9. The predicted octanol–water partition coefficient (Wildman–Crippen LogP) is 5.32. The van der Waals surface area contributed by atoms with Gasteiger partial charge in [-0.3, -0.25) is 24.0 Å². The third-order valence-electron chi connectivity index (χ3n) is 9.16. The third kappa shape index (κ3) is 4.17. The van der Waals surface area contributed by atoms with Crippen molar-refractivity contribution in [3.63, 3.8) is 0 Å². The smallest absolute Gasteiger partial charge is 0.260 e. The molecule has 0 amide bonds. The van der Waals surface area contributed by atoms with Gasteiger partial charge in [0.1, 0.15) is 22.7 Å². The fourth-order valence-corrected chi connectivity index (χ4v) is 8.57. The van der Waals surface area contributed by atoms with Crippen LogP contribution in [0.4, 0.5) is 0 Å². The largest absolute Gasteiger partial charge is 0.507 e. The molecular weight excluding hydrogens is 634 g/mol. The summed E-state index contributed by atoms with van der Waals surface area (Å²) in [6, 6.07) is 12.6. The Morgan fingerprint density at radius 2 is 1.60 bits per heavy atom. The lowest BCUT2D eigenvalue weighted by Gasteiger charge is -2.29.